The molecule has 1 unspecified atom stereocenters. The largest absolute Gasteiger partial charge is 0.392 e. The Hall–Kier alpha value is 0.01000. The van der Waals surface area contributed by atoms with E-state index >= 15 is 0 Å². The Morgan fingerprint density at radius 3 is 3.18 bits per heavy atom. The molecule has 3 heteroatoms. The average Bonchev–Trinajstić information content (AvgIpc) is 2.52. The van der Waals surface area contributed by atoms with Gasteiger partial charge in [-0.1, -0.05) is 6.08 Å². The molecule has 0 radical (unpaired) electrons. The van der Waals surface area contributed by atoms with Crippen molar-refractivity contribution in [2.75, 3.05) is 13.6 Å². The van der Waals surface area contributed by atoms with Gasteiger partial charge in [0.25, 0.3) is 0 Å². The lowest BCUT2D eigenvalue weighted by Gasteiger charge is -2.16. The van der Waals surface area contributed by atoms with E-state index in [9.17, 15) is 5.11 Å². The van der Waals surface area contributed by atoms with Gasteiger partial charge in [-0.25, -0.2) is 0 Å². The first-order chi connectivity index (χ1) is 5.34. The van der Waals surface area contributed by atoms with Crippen molar-refractivity contribution in [1.29, 1.82) is 0 Å². The van der Waals surface area contributed by atoms with Crippen LogP contribution in [0.25, 0.3) is 0 Å². The SMILES string of the molecule is CNCC[C@H](O)C1CC=CS1. The van der Waals surface area contributed by atoms with Crippen LogP contribution in [0, 0.1) is 0 Å². The summed E-state index contributed by atoms with van der Waals surface area (Å²) in [5.74, 6) is 0. The van der Waals surface area contributed by atoms with Crippen LogP contribution in [0.4, 0.5) is 0 Å². The van der Waals surface area contributed by atoms with Crippen LogP contribution < -0.4 is 5.32 Å². The Labute approximate surface area is 72.1 Å². The lowest BCUT2D eigenvalue weighted by molar-refractivity contribution is 0.162. The van der Waals surface area contributed by atoms with Gasteiger partial charge in [-0.3, -0.25) is 0 Å². The molecule has 0 spiro atoms. The number of allylic oxidation sites excluding steroid dienone is 1. The predicted molar refractivity (Wildman–Crippen MR) is 49.7 cm³/mol. The first kappa shape index (κ1) is 9.10. The van der Waals surface area contributed by atoms with Gasteiger partial charge in [-0.2, -0.15) is 0 Å². The minimum atomic E-state index is -0.151. The van der Waals surface area contributed by atoms with Crippen molar-refractivity contribution >= 4 is 11.8 Å². The van der Waals surface area contributed by atoms with Crippen LogP contribution in [0.3, 0.4) is 0 Å². The first-order valence-electron chi connectivity index (χ1n) is 3.97. The summed E-state index contributed by atoms with van der Waals surface area (Å²) in [6.45, 7) is 0.901. The highest BCUT2D eigenvalue weighted by Crippen LogP contribution is 2.27. The molecule has 1 rings (SSSR count). The summed E-state index contributed by atoms with van der Waals surface area (Å²) in [5, 5.41) is 15.1. The van der Waals surface area contributed by atoms with E-state index < -0.39 is 0 Å². The summed E-state index contributed by atoms with van der Waals surface area (Å²) >= 11 is 1.74. The molecule has 0 bridgehead atoms. The predicted octanol–water partition coefficient (Wildman–Crippen LogP) is 0.976. The Kier molecular flexibility index (Phi) is 3.97. The minimum Gasteiger partial charge on any atom is -0.392 e. The van der Waals surface area contributed by atoms with Crippen LogP contribution in [0.1, 0.15) is 12.8 Å². The molecule has 2 N–H and O–H groups in total. The van der Waals surface area contributed by atoms with Crippen LogP contribution in [0.15, 0.2) is 11.5 Å². The fraction of sp³-hybridized carbons (Fsp3) is 0.750. The minimum absolute atomic E-state index is 0.151. The van der Waals surface area contributed by atoms with Gasteiger partial charge in [0.1, 0.15) is 0 Å². The van der Waals surface area contributed by atoms with Crippen molar-refractivity contribution in [3.63, 3.8) is 0 Å². The van der Waals surface area contributed by atoms with Crippen molar-refractivity contribution < 1.29 is 5.11 Å². The van der Waals surface area contributed by atoms with E-state index in [0.717, 1.165) is 19.4 Å². The van der Waals surface area contributed by atoms with E-state index in [4.69, 9.17) is 0 Å². The normalized spacial score (nSPS) is 25.8. The molecule has 1 heterocycles. The second-order valence-electron chi connectivity index (χ2n) is 2.74. The van der Waals surface area contributed by atoms with Crippen LogP contribution in [-0.2, 0) is 0 Å². The average molecular weight is 173 g/mol. The number of thioether (sulfide) groups is 1. The van der Waals surface area contributed by atoms with Gasteiger partial charge in [0.2, 0.25) is 0 Å². The summed E-state index contributed by atoms with van der Waals surface area (Å²) in [4.78, 5) is 0. The Balaban J connectivity index is 2.13. The number of aliphatic hydroxyl groups is 1. The molecular weight excluding hydrogens is 158 g/mol. The molecule has 1 aliphatic heterocycles. The van der Waals surface area contributed by atoms with Crippen LogP contribution in [0.5, 0.6) is 0 Å². The van der Waals surface area contributed by atoms with Gasteiger partial charge in [0, 0.05) is 5.25 Å². The molecular formula is C8H15NOS. The van der Waals surface area contributed by atoms with E-state index in [0.29, 0.717) is 5.25 Å². The van der Waals surface area contributed by atoms with E-state index in [-0.39, 0.29) is 6.10 Å². The lowest BCUT2D eigenvalue weighted by Crippen LogP contribution is -2.25. The van der Waals surface area contributed by atoms with Crippen LogP contribution in [-0.4, -0.2) is 30.1 Å². The standard InChI is InChI=1S/C8H15NOS/c1-9-5-4-7(10)8-3-2-6-11-8/h2,6-10H,3-5H2,1H3/t7-,8?/m0/s1. The van der Waals surface area contributed by atoms with Gasteiger partial charge in [-0.15, -0.1) is 11.8 Å². The number of hydrogen-bond acceptors (Lipinski definition) is 3. The molecule has 0 amide bonds. The third-order valence-electron chi connectivity index (χ3n) is 1.84. The van der Waals surface area contributed by atoms with Crippen molar-refractivity contribution in [3.8, 4) is 0 Å². The molecule has 64 valence electrons. The van der Waals surface area contributed by atoms with Crippen molar-refractivity contribution in [1.82, 2.24) is 5.32 Å². The zero-order valence-corrected chi connectivity index (χ0v) is 7.60. The summed E-state index contributed by atoms with van der Waals surface area (Å²) in [5.41, 5.74) is 0. The van der Waals surface area contributed by atoms with Crippen LogP contribution >= 0.6 is 11.8 Å². The molecule has 1 aliphatic rings. The van der Waals surface area contributed by atoms with Crippen molar-refractivity contribution in [2.45, 2.75) is 24.2 Å². The third kappa shape index (κ3) is 2.85. The second-order valence-corrected chi connectivity index (χ2v) is 3.89. The highest BCUT2D eigenvalue weighted by atomic mass is 32.2. The van der Waals surface area contributed by atoms with Crippen molar-refractivity contribution in [3.05, 3.63) is 11.5 Å². The van der Waals surface area contributed by atoms with Gasteiger partial charge in [0.05, 0.1) is 6.10 Å². The molecule has 2 atom stereocenters. The molecule has 0 aromatic rings. The van der Waals surface area contributed by atoms with E-state index in [1.165, 1.54) is 0 Å². The summed E-state index contributed by atoms with van der Waals surface area (Å²) in [6, 6.07) is 0. The Bertz CT molecular complexity index is 130. The van der Waals surface area contributed by atoms with E-state index in [1.807, 2.05) is 7.05 Å². The zero-order valence-electron chi connectivity index (χ0n) is 6.79. The molecule has 0 aliphatic carbocycles. The van der Waals surface area contributed by atoms with Gasteiger partial charge in [0.15, 0.2) is 0 Å². The highest BCUT2D eigenvalue weighted by molar-refractivity contribution is 8.03. The molecule has 0 aromatic carbocycles. The maximum Gasteiger partial charge on any atom is 0.0677 e. The van der Waals surface area contributed by atoms with Crippen LogP contribution in [0.2, 0.25) is 0 Å². The number of nitrogens with one attached hydrogen (secondary N) is 1. The lowest BCUT2D eigenvalue weighted by atomic mass is 10.1. The fourth-order valence-corrected chi connectivity index (χ4v) is 2.09. The maximum atomic E-state index is 9.58. The molecule has 11 heavy (non-hydrogen) atoms. The molecule has 0 aromatic heterocycles. The summed E-state index contributed by atoms with van der Waals surface area (Å²) in [7, 11) is 1.91. The topological polar surface area (TPSA) is 32.3 Å². The highest BCUT2D eigenvalue weighted by Gasteiger charge is 2.19. The zero-order chi connectivity index (χ0) is 8.10. The Morgan fingerprint density at radius 1 is 1.82 bits per heavy atom. The van der Waals surface area contributed by atoms with Gasteiger partial charge >= 0.3 is 0 Å². The summed E-state index contributed by atoms with van der Waals surface area (Å²) in [6.07, 6.45) is 3.85. The third-order valence-corrected chi connectivity index (χ3v) is 3.04. The second kappa shape index (κ2) is 4.80. The molecule has 2 nitrogen and oxygen atoms in total. The first-order valence-corrected chi connectivity index (χ1v) is 4.92. The number of hydrogen-bond donors (Lipinski definition) is 2. The number of rotatable bonds is 4. The van der Waals surface area contributed by atoms with E-state index in [1.54, 1.807) is 11.8 Å². The molecule has 0 saturated heterocycles. The molecule has 0 fully saturated rings. The smallest absolute Gasteiger partial charge is 0.0677 e. The van der Waals surface area contributed by atoms with E-state index in [2.05, 4.69) is 16.8 Å². The monoisotopic (exact) mass is 173 g/mol. The van der Waals surface area contributed by atoms with Gasteiger partial charge in [-0.05, 0) is 31.8 Å². The van der Waals surface area contributed by atoms with Crippen molar-refractivity contribution in [2.24, 2.45) is 0 Å². The maximum absolute atomic E-state index is 9.58. The molecule has 0 saturated carbocycles. The fourth-order valence-electron chi connectivity index (χ4n) is 1.13. The quantitative estimate of drug-likeness (QED) is 0.664. The van der Waals surface area contributed by atoms with Gasteiger partial charge < -0.3 is 10.4 Å². The summed E-state index contributed by atoms with van der Waals surface area (Å²) < 4.78 is 0. The Morgan fingerprint density at radius 2 is 2.64 bits per heavy atom. The number of aliphatic hydroxyl groups excluding tert-OH is 1.